The molecule has 2 N–H and O–H groups in total. The lowest BCUT2D eigenvalue weighted by Gasteiger charge is -2.66. The molecule has 4 aliphatic rings. The molecule has 0 bridgehead atoms. The maximum atomic E-state index is 13.4. The molecule has 0 amide bonds. The Labute approximate surface area is 230 Å². The second kappa shape index (κ2) is 10.5. The SMILES string of the molecule is CC(C)CCCC(C)C1CCC2C3C(OC(=O)c4ccccc4)CC4(O)C(O)CCCC4(C)C3CCC12C. The molecule has 1 aromatic carbocycles. The lowest BCUT2D eigenvalue weighted by molar-refractivity contribution is -0.270. The second-order valence-corrected chi connectivity index (χ2v) is 14.6. The monoisotopic (exact) mass is 524 g/mol. The summed E-state index contributed by atoms with van der Waals surface area (Å²) < 4.78 is 6.38. The lowest BCUT2D eigenvalue weighted by Crippen LogP contribution is -2.70. The fourth-order valence-corrected chi connectivity index (χ4v) is 10.2. The Bertz CT molecular complexity index is 976. The molecule has 0 heterocycles. The molecule has 1 aromatic rings. The summed E-state index contributed by atoms with van der Waals surface area (Å²) in [5.41, 5.74) is -0.734. The quantitative estimate of drug-likeness (QED) is 0.364. The van der Waals surface area contributed by atoms with Crippen molar-refractivity contribution in [1.29, 1.82) is 0 Å². The Morgan fingerprint density at radius 1 is 1.00 bits per heavy atom. The van der Waals surface area contributed by atoms with Crippen molar-refractivity contribution in [3.8, 4) is 0 Å². The molecular weight excluding hydrogens is 472 g/mol. The summed E-state index contributed by atoms with van der Waals surface area (Å²) in [5, 5.41) is 23.3. The summed E-state index contributed by atoms with van der Waals surface area (Å²) in [6, 6.07) is 9.28. The first kappa shape index (κ1) is 28.1. The average molecular weight is 525 g/mol. The van der Waals surface area contributed by atoms with Crippen LogP contribution in [0.2, 0.25) is 0 Å². The van der Waals surface area contributed by atoms with Crippen LogP contribution in [0.4, 0.5) is 0 Å². The molecule has 4 nitrogen and oxygen atoms in total. The number of carbonyl (C=O) groups is 1. The van der Waals surface area contributed by atoms with Crippen molar-refractivity contribution in [2.45, 2.75) is 123 Å². The minimum Gasteiger partial charge on any atom is -0.458 e. The molecule has 4 saturated carbocycles. The zero-order valence-corrected chi connectivity index (χ0v) is 24.5. The molecule has 4 aliphatic carbocycles. The molecule has 0 radical (unpaired) electrons. The molecule has 0 saturated heterocycles. The minimum atomic E-state index is -1.20. The second-order valence-electron chi connectivity index (χ2n) is 14.6. The van der Waals surface area contributed by atoms with Gasteiger partial charge in [-0.2, -0.15) is 0 Å². The molecule has 10 atom stereocenters. The zero-order valence-electron chi connectivity index (χ0n) is 24.5. The zero-order chi connectivity index (χ0) is 27.3. The van der Waals surface area contributed by atoms with E-state index in [1.165, 1.54) is 38.5 Å². The van der Waals surface area contributed by atoms with Gasteiger partial charge in [0.15, 0.2) is 0 Å². The van der Waals surface area contributed by atoms with Crippen molar-refractivity contribution in [3.05, 3.63) is 35.9 Å². The Morgan fingerprint density at radius 3 is 2.45 bits per heavy atom. The molecule has 4 heteroatoms. The van der Waals surface area contributed by atoms with Crippen LogP contribution in [0.1, 0.15) is 116 Å². The Kier molecular flexibility index (Phi) is 7.81. The number of carbonyl (C=O) groups excluding carboxylic acids is 1. The first-order chi connectivity index (χ1) is 18.0. The van der Waals surface area contributed by atoms with Gasteiger partial charge in [0.25, 0.3) is 0 Å². The fraction of sp³-hybridized carbons (Fsp3) is 0.794. The third kappa shape index (κ3) is 4.56. The van der Waals surface area contributed by atoms with E-state index in [0.717, 1.165) is 25.2 Å². The molecule has 10 unspecified atom stereocenters. The highest BCUT2D eigenvalue weighted by Gasteiger charge is 2.69. The maximum Gasteiger partial charge on any atom is 0.338 e. The van der Waals surface area contributed by atoms with Gasteiger partial charge in [0, 0.05) is 17.8 Å². The van der Waals surface area contributed by atoms with Gasteiger partial charge in [0.1, 0.15) is 6.10 Å². The van der Waals surface area contributed by atoms with E-state index in [-0.39, 0.29) is 34.7 Å². The normalized spacial score (nSPS) is 43.2. The summed E-state index contributed by atoms with van der Waals surface area (Å²) in [7, 11) is 0. The first-order valence-electron chi connectivity index (χ1n) is 15.7. The molecule has 0 spiro atoms. The predicted octanol–water partition coefficient (Wildman–Crippen LogP) is 7.42. The van der Waals surface area contributed by atoms with Crippen molar-refractivity contribution < 1.29 is 19.7 Å². The number of rotatable bonds is 7. The van der Waals surface area contributed by atoms with Crippen LogP contribution in [0.15, 0.2) is 30.3 Å². The van der Waals surface area contributed by atoms with Gasteiger partial charge in [-0.15, -0.1) is 0 Å². The number of ether oxygens (including phenoxy) is 1. The van der Waals surface area contributed by atoms with E-state index in [1.807, 2.05) is 30.3 Å². The van der Waals surface area contributed by atoms with E-state index in [9.17, 15) is 15.0 Å². The van der Waals surface area contributed by atoms with Gasteiger partial charge in [0.05, 0.1) is 17.3 Å². The van der Waals surface area contributed by atoms with E-state index in [1.54, 1.807) is 0 Å². The maximum absolute atomic E-state index is 13.4. The van der Waals surface area contributed by atoms with Crippen LogP contribution in [0.25, 0.3) is 0 Å². The summed E-state index contributed by atoms with van der Waals surface area (Å²) in [4.78, 5) is 13.4. The number of aliphatic hydroxyl groups is 2. The topological polar surface area (TPSA) is 66.8 Å². The summed E-state index contributed by atoms with van der Waals surface area (Å²) in [5.74, 6) is 2.87. The minimum absolute atomic E-state index is 0.241. The van der Waals surface area contributed by atoms with Crippen molar-refractivity contribution in [3.63, 3.8) is 0 Å². The number of aliphatic hydroxyl groups excluding tert-OH is 1. The largest absolute Gasteiger partial charge is 0.458 e. The molecular formula is C34H52O4. The standard InChI is InChI=1S/C34H52O4/c1-22(2)11-9-12-23(3)25-16-17-26-30-27(18-20-32(25,26)4)33(5)19-10-15-29(35)34(33,37)21-28(30)38-31(36)24-13-7-6-8-14-24/h6-8,13-14,22-23,25-30,35,37H,9-12,15-21H2,1-5H3. The van der Waals surface area contributed by atoms with Crippen molar-refractivity contribution in [2.75, 3.05) is 0 Å². The highest BCUT2D eigenvalue weighted by Crippen LogP contribution is 2.69. The van der Waals surface area contributed by atoms with Gasteiger partial charge in [-0.05, 0) is 85.7 Å². The fourth-order valence-electron chi connectivity index (χ4n) is 10.2. The first-order valence-corrected chi connectivity index (χ1v) is 15.7. The lowest BCUT2D eigenvalue weighted by atomic mass is 9.42. The molecule has 5 rings (SSSR count). The third-order valence-corrected chi connectivity index (χ3v) is 12.3. The van der Waals surface area contributed by atoms with Gasteiger partial charge in [0.2, 0.25) is 0 Å². The van der Waals surface area contributed by atoms with E-state index in [4.69, 9.17) is 4.74 Å². The Hall–Kier alpha value is -1.39. The van der Waals surface area contributed by atoms with Crippen LogP contribution in [-0.4, -0.2) is 34.0 Å². The van der Waals surface area contributed by atoms with Crippen LogP contribution in [0.5, 0.6) is 0 Å². The van der Waals surface area contributed by atoms with Gasteiger partial charge in [-0.25, -0.2) is 4.79 Å². The highest BCUT2D eigenvalue weighted by molar-refractivity contribution is 5.89. The molecule has 4 fully saturated rings. The van der Waals surface area contributed by atoms with Crippen molar-refractivity contribution in [2.24, 2.45) is 46.3 Å². The average Bonchev–Trinajstić information content (AvgIpc) is 3.23. The van der Waals surface area contributed by atoms with Gasteiger partial charge in [-0.1, -0.05) is 78.5 Å². The van der Waals surface area contributed by atoms with E-state index in [2.05, 4.69) is 34.6 Å². The van der Waals surface area contributed by atoms with Crippen molar-refractivity contribution in [1.82, 2.24) is 0 Å². The van der Waals surface area contributed by atoms with Gasteiger partial charge in [-0.3, -0.25) is 0 Å². The van der Waals surface area contributed by atoms with Gasteiger partial charge < -0.3 is 14.9 Å². The molecule has 212 valence electrons. The Balaban J connectivity index is 1.45. The summed E-state index contributed by atoms with van der Waals surface area (Å²) >= 11 is 0. The van der Waals surface area contributed by atoms with Crippen LogP contribution < -0.4 is 0 Å². The van der Waals surface area contributed by atoms with Crippen LogP contribution in [-0.2, 0) is 4.74 Å². The van der Waals surface area contributed by atoms with Crippen LogP contribution >= 0.6 is 0 Å². The predicted molar refractivity (Wildman–Crippen MR) is 152 cm³/mol. The Morgan fingerprint density at radius 2 is 1.74 bits per heavy atom. The molecule has 38 heavy (non-hydrogen) atoms. The van der Waals surface area contributed by atoms with E-state index in [0.29, 0.717) is 36.2 Å². The smallest absolute Gasteiger partial charge is 0.338 e. The number of esters is 1. The number of fused-ring (bicyclic) bond motifs is 5. The number of hydrogen-bond acceptors (Lipinski definition) is 4. The van der Waals surface area contributed by atoms with Crippen LogP contribution in [0.3, 0.4) is 0 Å². The van der Waals surface area contributed by atoms with E-state index >= 15 is 0 Å². The third-order valence-electron chi connectivity index (χ3n) is 12.3. The molecule has 0 aliphatic heterocycles. The van der Waals surface area contributed by atoms with Gasteiger partial charge >= 0.3 is 5.97 Å². The summed E-state index contributed by atoms with van der Waals surface area (Å²) in [6.07, 6.45) is 10.3. The molecule has 0 aromatic heterocycles. The number of benzene rings is 1. The van der Waals surface area contributed by atoms with Crippen LogP contribution in [0, 0.1) is 46.3 Å². The number of hydrogen-bond donors (Lipinski definition) is 2. The highest BCUT2D eigenvalue weighted by atomic mass is 16.5. The summed E-state index contributed by atoms with van der Waals surface area (Å²) in [6.45, 7) is 11.9. The van der Waals surface area contributed by atoms with Crippen molar-refractivity contribution >= 4 is 5.97 Å². The van der Waals surface area contributed by atoms with E-state index < -0.39 is 11.7 Å².